The molecule has 0 aromatic carbocycles. The third-order valence-corrected chi connectivity index (χ3v) is 3.42. The molecule has 1 aliphatic heterocycles. The highest BCUT2D eigenvalue weighted by atomic mass is 19.4. The van der Waals surface area contributed by atoms with E-state index in [1.807, 2.05) is 0 Å². The van der Waals surface area contributed by atoms with Gasteiger partial charge in [0.05, 0.1) is 0 Å². The monoisotopic (exact) mass is 329 g/mol. The van der Waals surface area contributed by atoms with Crippen molar-refractivity contribution in [2.24, 2.45) is 0 Å². The van der Waals surface area contributed by atoms with Crippen LogP contribution in [-0.4, -0.2) is 28.3 Å². The maximum Gasteiger partial charge on any atom is 0.433 e. The minimum absolute atomic E-state index is 0.110. The van der Waals surface area contributed by atoms with Crippen LogP contribution in [0.2, 0.25) is 0 Å². The molecule has 124 valence electrons. The molecule has 0 bridgehead atoms. The van der Waals surface area contributed by atoms with Crippen molar-refractivity contribution in [2.75, 3.05) is 13.2 Å². The van der Waals surface area contributed by atoms with Gasteiger partial charge in [-0.3, -0.25) is 0 Å². The van der Waals surface area contributed by atoms with Crippen LogP contribution < -0.4 is 4.74 Å². The van der Waals surface area contributed by atoms with Crippen LogP contribution in [0.5, 0.6) is 5.88 Å². The molecule has 6 nitrogen and oxygen atoms in total. The van der Waals surface area contributed by atoms with Crippen molar-refractivity contribution in [3.05, 3.63) is 35.6 Å². The lowest BCUT2D eigenvalue weighted by Crippen LogP contribution is -2.14. The second-order valence-corrected chi connectivity index (χ2v) is 5.08. The van der Waals surface area contributed by atoms with Crippen molar-refractivity contribution in [3.8, 4) is 5.88 Å². The molecule has 0 saturated carbocycles. The molecule has 1 saturated heterocycles. The van der Waals surface area contributed by atoms with E-state index in [9.17, 15) is 13.2 Å². The third kappa shape index (κ3) is 3.98. The maximum absolute atomic E-state index is 12.6. The Morgan fingerprint density at radius 3 is 2.70 bits per heavy atom. The number of halogens is 3. The second kappa shape index (κ2) is 6.53. The van der Waals surface area contributed by atoms with E-state index in [0.717, 1.165) is 18.9 Å². The Labute approximate surface area is 129 Å². The average Bonchev–Trinajstić information content (AvgIpc) is 3.02. The third-order valence-electron chi connectivity index (χ3n) is 3.42. The summed E-state index contributed by atoms with van der Waals surface area (Å²) >= 11 is 0. The molecule has 0 spiro atoms. The number of hydrogen-bond acceptors (Lipinski definition) is 6. The van der Waals surface area contributed by atoms with Gasteiger partial charge in [-0.2, -0.15) is 18.2 Å². The number of rotatable bonds is 4. The summed E-state index contributed by atoms with van der Waals surface area (Å²) in [5.41, 5.74) is -1.01. The maximum atomic E-state index is 12.6. The van der Waals surface area contributed by atoms with E-state index in [0.29, 0.717) is 19.1 Å². The van der Waals surface area contributed by atoms with Crippen LogP contribution in [0, 0.1) is 0 Å². The molecular weight excluding hydrogens is 315 g/mol. The smallest absolute Gasteiger partial charge is 0.433 e. The zero-order chi connectivity index (χ0) is 16.3. The second-order valence-electron chi connectivity index (χ2n) is 5.08. The SMILES string of the molecule is FC(F)(F)c1cccc(OCc2noc(C3CCOCC3)n2)n1. The van der Waals surface area contributed by atoms with E-state index in [4.69, 9.17) is 14.0 Å². The molecule has 1 aliphatic rings. The summed E-state index contributed by atoms with van der Waals surface area (Å²) in [6.07, 6.45) is -2.91. The van der Waals surface area contributed by atoms with E-state index in [1.165, 1.54) is 12.1 Å². The number of alkyl halides is 3. The van der Waals surface area contributed by atoms with Gasteiger partial charge in [-0.15, -0.1) is 0 Å². The lowest BCUT2D eigenvalue weighted by atomic mass is 10.0. The van der Waals surface area contributed by atoms with Gasteiger partial charge >= 0.3 is 6.18 Å². The summed E-state index contributed by atoms with van der Waals surface area (Å²) in [7, 11) is 0. The molecule has 0 aliphatic carbocycles. The standard InChI is InChI=1S/C14H14F3N3O3/c15-14(16,17)10-2-1-3-12(18-10)22-8-11-19-13(23-20-11)9-4-6-21-7-5-9/h1-3,9H,4-8H2. The van der Waals surface area contributed by atoms with E-state index in [-0.39, 0.29) is 24.2 Å². The van der Waals surface area contributed by atoms with E-state index in [1.54, 1.807) is 0 Å². The molecule has 3 rings (SSSR count). The minimum atomic E-state index is -4.51. The zero-order valence-electron chi connectivity index (χ0n) is 12.0. The van der Waals surface area contributed by atoms with Gasteiger partial charge < -0.3 is 14.0 Å². The van der Waals surface area contributed by atoms with Crippen LogP contribution >= 0.6 is 0 Å². The fourth-order valence-corrected chi connectivity index (χ4v) is 2.23. The van der Waals surface area contributed by atoms with Crippen LogP contribution in [0.3, 0.4) is 0 Å². The molecule has 0 N–H and O–H groups in total. The van der Waals surface area contributed by atoms with E-state index >= 15 is 0 Å². The summed E-state index contributed by atoms with van der Waals surface area (Å²) in [5, 5.41) is 3.78. The van der Waals surface area contributed by atoms with Crippen molar-refractivity contribution >= 4 is 0 Å². The number of hydrogen-bond donors (Lipinski definition) is 0. The summed E-state index contributed by atoms with van der Waals surface area (Å²) in [6.45, 7) is 1.18. The Morgan fingerprint density at radius 2 is 1.96 bits per heavy atom. The predicted octanol–water partition coefficient (Wildman–Crippen LogP) is 2.96. The van der Waals surface area contributed by atoms with Gasteiger partial charge in [0.15, 0.2) is 6.61 Å². The Kier molecular flexibility index (Phi) is 4.46. The molecular formula is C14H14F3N3O3. The van der Waals surface area contributed by atoms with Gasteiger partial charge in [-0.25, -0.2) is 4.98 Å². The highest BCUT2D eigenvalue weighted by molar-refractivity contribution is 5.17. The average molecular weight is 329 g/mol. The topological polar surface area (TPSA) is 70.3 Å². The van der Waals surface area contributed by atoms with Crippen molar-refractivity contribution in [2.45, 2.75) is 31.5 Å². The molecule has 23 heavy (non-hydrogen) atoms. The molecule has 0 amide bonds. The van der Waals surface area contributed by atoms with Gasteiger partial charge in [-0.1, -0.05) is 11.2 Å². The van der Waals surface area contributed by atoms with Gasteiger partial charge in [0.2, 0.25) is 17.6 Å². The summed E-state index contributed by atoms with van der Waals surface area (Å²) in [6, 6.07) is 3.45. The minimum Gasteiger partial charge on any atom is -0.469 e. The molecule has 0 unspecified atom stereocenters. The largest absolute Gasteiger partial charge is 0.469 e. The Hall–Kier alpha value is -2.16. The fraction of sp³-hybridized carbons (Fsp3) is 0.500. The van der Waals surface area contributed by atoms with Crippen molar-refractivity contribution in [1.82, 2.24) is 15.1 Å². The zero-order valence-corrected chi connectivity index (χ0v) is 12.0. The number of ether oxygens (including phenoxy) is 2. The van der Waals surface area contributed by atoms with Crippen LogP contribution in [0.1, 0.15) is 36.2 Å². The first-order valence-electron chi connectivity index (χ1n) is 7.09. The predicted molar refractivity (Wildman–Crippen MR) is 70.7 cm³/mol. The van der Waals surface area contributed by atoms with Crippen LogP contribution in [0.4, 0.5) is 13.2 Å². The summed E-state index contributed by atoms with van der Waals surface area (Å²) in [4.78, 5) is 7.62. The lowest BCUT2D eigenvalue weighted by Gasteiger charge is -2.17. The van der Waals surface area contributed by atoms with Crippen LogP contribution in [0.15, 0.2) is 22.7 Å². The summed E-state index contributed by atoms with van der Waals surface area (Å²) < 4.78 is 53.4. The Balaban J connectivity index is 1.61. The normalized spacial score (nSPS) is 16.5. The van der Waals surface area contributed by atoms with Gasteiger partial charge in [0.25, 0.3) is 0 Å². The van der Waals surface area contributed by atoms with Gasteiger partial charge in [0.1, 0.15) is 5.69 Å². The van der Waals surface area contributed by atoms with Crippen LogP contribution in [-0.2, 0) is 17.5 Å². The fourth-order valence-electron chi connectivity index (χ4n) is 2.23. The summed E-state index contributed by atoms with van der Waals surface area (Å²) in [5.74, 6) is 0.781. The molecule has 9 heteroatoms. The number of pyridine rings is 1. The molecule has 3 heterocycles. The number of aromatic nitrogens is 3. The highest BCUT2D eigenvalue weighted by Crippen LogP contribution is 2.29. The van der Waals surface area contributed by atoms with E-state index in [2.05, 4.69) is 15.1 Å². The Morgan fingerprint density at radius 1 is 1.17 bits per heavy atom. The quantitative estimate of drug-likeness (QED) is 0.859. The van der Waals surface area contributed by atoms with Gasteiger partial charge in [0, 0.05) is 25.2 Å². The Bertz CT molecular complexity index is 654. The number of nitrogens with zero attached hydrogens (tertiary/aromatic N) is 3. The lowest BCUT2D eigenvalue weighted by molar-refractivity contribution is -0.141. The van der Waals surface area contributed by atoms with Crippen molar-refractivity contribution < 1.29 is 27.2 Å². The van der Waals surface area contributed by atoms with Crippen LogP contribution in [0.25, 0.3) is 0 Å². The highest BCUT2D eigenvalue weighted by Gasteiger charge is 2.32. The molecule has 0 radical (unpaired) electrons. The first-order valence-corrected chi connectivity index (χ1v) is 7.09. The molecule has 2 aromatic rings. The molecule has 1 fully saturated rings. The van der Waals surface area contributed by atoms with Crippen molar-refractivity contribution in [3.63, 3.8) is 0 Å². The van der Waals surface area contributed by atoms with E-state index < -0.39 is 11.9 Å². The molecule has 0 atom stereocenters. The first-order chi connectivity index (χ1) is 11.0. The van der Waals surface area contributed by atoms with Gasteiger partial charge in [-0.05, 0) is 18.9 Å². The first kappa shape index (κ1) is 15.7. The van der Waals surface area contributed by atoms with Crippen molar-refractivity contribution in [1.29, 1.82) is 0 Å². The molecule has 2 aromatic heterocycles.